The number of alkyl halides is 2. The summed E-state index contributed by atoms with van der Waals surface area (Å²) < 4.78 is 24.4. The van der Waals surface area contributed by atoms with Crippen molar-refractivity contribution in [3.63, 3.8) is 0 Å². The fourth-order valence-corrected chi connectivity index (χ4v) is 1.90. The Morgan fingerprint density at radius 3 is 2.58 bits per heavy atom. The molecule has 0 saturated heterocycles. The summed E-state index contributed by atoms with van der Waals surface area (Å²) in [5.41, 5.74) is 5.99. The predicted octanol–water partition coefficient (Wildman–Crippen LogP) is 3.35. The number of nitrogen functional groups attached to an aromatic ring is 1. The fourth-order valence-electron chi connectivity index (χ4n) is 0.709. The summed E-state index contributed by atoms with van der Waals surface area (Å²) in [5.74, 6) is -2.40. The largest absolute Gasteiger partial charge is 0.399 e. The molecule has 1 nitrogen and oxygen atoms in total. The standard InChI is InChI=1S/C7H6BrF2NS/c8-5-3-4(11)1-2-6(5)12-7(9)10/h1-3,7H,11H2. The highest BCUT2D eigenvalue weighted by molar-refractivity contribution is 9.10. The minimum atomic E-state index is -2.40. The molecule has 0 radical (unpaired) electrons. The maximum atomic E-state index is 11.9. The van der Waals surface area contributed by atoms with E-state index in [1.165, 1.54) is 0 Å². The van der Waals surface area contributed by atoms with Gasteiger partial charge in [0.05, 0.1) is 0 Å². The van der Waals surface area contributed by atoms with Gasteiger partial charge in [-0.05, 0) is 34.1 Å². The van der Waals surface area contributed by atoms with Gasteiger partial charge in [-0.3, -0.25) is 0 Å². The summed E-state index contributed by atoms with van der Waals surface area (Å²) in [6.07, 6.45) is 0. The van der Waals surface area contributed by atoms with Crippen LogP contribution in [0.2, 0.25) is 0 Å². The number of benzene rings is 1. The fraction of sp³-hybridized carbons (Fsp3) is 0.143. The van der Waals surface area contributed by atoms with Crippen LogP contribution in [0.15, 0.2) is 27.6 Å². The van der Waals surface area contributed by atoms with E-state index in [4.69, 9.17) is 5.73 Å². The minimum Gasteiger partial charge on any atom is -0.399 e. The Hall–Kier alpha value is -0.290. The molecule has 0 spiro atoms. The molecule has 0 aliphatic rings. The van der Waals surface area contributed by atoms with E-state index in [0.717, 1.165) is 0 Å². The van der Waals surface area contributed by atoms with Crippen molar-refractivity contribution in [3.05, 3.63) is 22.7 Å². The zero-order chi connectivity index (χ0) is 9.14. The summed E-state index contributed by atoms with van der Waals surface area (Å²) in [6.45, 7) is 0. The van der Waals surface area contributed by atoms with E-state index < -0.39 is 5.76 Å². The van der Waals surface area contributed by atoms with E-state index in [1.54, 1.807) is 18.2 Å². The Bertz CT molecular complexity index is 280. The average Bonchev–Trinajstić information content (AvgIpc) is 1.94. The maximum Gasteiger partial charge on any atom is 0.288 e. The van der Waals surface area contributed by atoms with Gasteiger partial charge in [-0.25, -0.2) is 0 Å². The number of halogens is 3. The Morgan fingerprint density at radius 1 is 1.42 bits per heavy atom. The third kappa shape index (κ3) is 2.64. The SMILES string of the molecule is Nc1ccc(SC(F)F)c(Br)c1. The van der Waals surface area contributed by atoms with Crippen LogP contribution in [-0.2, 0) is 0 Å². The van der Waals surface area contributed by atoms with Crippen LogP contribution in [0.4, 0.5) is 14.5 Å². The van der Waals surface area contributed by atoms with Crippen molar-refractivity contribution >= 4 is 33.4 Å². The molecule has 0 unspecified atom stereocenters. The topological polar surface area (TPSA) is 26.0 Å². The van der Waals surface area contributed by atoms with Crippen LogP contribution in [0.1, 0.15) is 0 Å². The van der Waals surface area contributed by atoms with Crippen LogP contribution in [0.3, 0.4) is 0 Å². The molecule has 5 heteroatoms. The highest BCUT2D eigenvalue weighted by Gasteiger charge is 2.08. The second-order valence-electron chi connectivity index (χ2n) is 2.07. The molecular weight excluding hydrogens is 248 g/mol. The maximum absolute atomic E-state index is 11.9. The number of hydrogen-bond acceptors (Lipinski definition) is 2. The molecule has 0 atom stereocenters. The molecule has 2 N–H and O–H groups in total. The molecule has 1 aromatic rings. The van der Waals surface area contributed by atoms with Gasteiger partial charge in [-0.1, -0.05) is 11.8 Å². The van der Waals surface area contributed by atoms with Gasteiger partial charge in [0, 0.05) is 15.1 Å². The van der Waals surface area contributed by atoms with Crippen molar-refractivity contribution in [2.45, 2.75) is 10.7 Å². The Morgan fingerprint density at radius 2 is 2.08 bits per heavy atom. The lowest BCUT2D eigenvalue weighted by atomic mass is 10.3. The number of anilines is 1. The molecule has 0 aliphatic carbocycles. The smallest absolute Gasteiger partial charge is 0.288 e. The lowest BCUT2D eigenvalue weighted by Gasteiger charge is -2.03. The Balaban J connectivity index is 2.86. The first kappa shape index (κ1) is 9.80. The van der Waals surface area contributed by atoms with Gasteiger partial charge >= 0.3 is 0 Å². The summed E-state index contributed by atoms with van der Waals surface area (Å²) in [6, 6.07) is 4.76. The van der Waals surface area contributed by atoms with E-state index in [9.17, 15) is 8.78 Å². The molecule has 0 aromatic heterocycles. The van der Waals surface area contributed by atoms with E-state index in [1.807, 2.05) is 0 Å². The zero-order valence-electron chi connectivity index (χ0n) is 5.93. The molecule has 12 heavy (non-hydrogen) atoms. The number of hydrogen-bond donors (Lipinski definition) is 1. The highest BCUT2D eigenvalue weighted by atomic mass is 79.9. The summed E-state index contributed by atoms with van der Waals surface area (Å²) in [7, 11) is 0. The second-order valence-corrected chi connectivity index (χ2v) is 3.95. The molecule has 0 bridgehead atoms. The van der Waals surface area contributed by atoms with Gasteiger partial charge in [0.2, 0.25) is 0 Å². The normalized spacial score (nSPS) is 10.7. The van der Waals surface area contributed by atoms with Crippen molar-refractivity contribution in [2.75, 3.05) is 5.73 Å². The van der Waals surface area contributed by atoms with Crippen molar-refractivity contribution in [1.29, 1.82) is 0 Å². The van der Waals surface area contributed by atoms with Crippen molar-refractivity contribution in [2.24, 2.45) is 0 Å². The third-order valence-electron chi connectivity index (χ3n) is 1.17. The monoisotopic (exact) mass is 253 g/mol. The third-order valence-corrected chi connectivity index (χ3v) is 2.88. The van der Waals surface area contributed by atoms with Crippen LogP contribution in [0, 0.1) is 0 Å². The van der Waals surface area contributed by atoms with Crippen LogP contribution >= 0.6 is 27.7 Å². The van der Waals surface area contributed by atoms with Gasteiger partial charge in [0.1, 0.15) is 0 Å². The first-order chi connectivity index (χ1) is 5.59. The highest BCUT2D eigenvalue weighted by Crippen LogP contribution is 2.32. The van der Waals surface area contributed by atoms with Gasteiger partial charge in [0.25, 0.3) is 5.76 Å². The molecule has 0 heterocycles. The first-order valence-corrected chi connectivity index (χ1v) is 4.76. The van der Waals surface area contributed by atoms with Crippen LogP contribution in [-0.4, -0.2) is 5.76 Å². The molecule has 1 aromatic carbocycles. The lowest BCUT2D eigenvalue weighted by molar-refractivity contribution is 0.252. The lowest BCUT2D eigenvalue weighted by Crippen LogP contribution is -1.87. The number of rotatable bonds is 2. The van der Waals surface area contributed by atoms with E-state index >= 15 is 0 Å². The van der Waals surface area contributed by atoms with E-state index in [0.29, 0.717) is 26.8 Å². The minimum absolute atomic E-state index is 0.498. The quantitative estimate of drug-likeness (QED) is 0.647. The zero-order valence-corrected chi connectivity index (χ0v) is 8.33. The van der Waals surface area contributed by atoms with E-state index in [2.05, 4.69) is 15.9 Å². The van der Waals surface area contributed by atoms with Gasteiger partial charge in [-0.2, -0.15) is 8.78 Å². The molecule has 0 fully saturated rings. The van der Waals surface area contributed by atoms with Crippen LogP contribution < -0.4 is 5.73 Å². The first-order valence-electron chi connectivity index (χ1n) is 3.09. The van der Waals surface area contributed by atoms with Crippen molar-refractivity contribution in [3.8, 4) is 0 Å². The summed E-state index contributed by atoms with van der Waals surface area (Å²) in [4.78, 5) is 0.499. The average molecular weight is 254 g/mol. The van der Waals surface area contributed by atoms with Crippen LogP contribution in [0.5, 0.6) is 0 Å². The molecule has 66 valence electrons. The molecule has 0 amide bonds. The van der Waals surface area contributed by atoms with Crippen molar-refractivity contribution < 1.29 is 8.78 Å². The Labute approximate surface area is 81.5 Å². The summed E-state index contributed by atoms with van der Waals surface area (Å²) in [5, 5.41) is 0. The van der Waals surface area contributed by atoms with E-state index in [-0.39, 0.29) is 0 Å². The van der Waals surface area contributed by atoms with Crippen LogP contribution in [0.25, 0.3) is 0 Å². The molecular formula is C7H6BrF2NS. The molecule has 0 aliphatic heterocycles. The van der Waals surface area contributed by atoms with Gasteiger partial charge < -0.3 is 5.73 Å². The second kappa shape index (κ2) is 4.09. The molecule has 0 saturated carbocycles. The number of nitrogens with two attached hydrogens (primary N) is 1. The Kier molecular flexibility index (Phi) is 3.34. The summed E-state index contributed by atoms with van der Waals surface area (Å²) >= 11 is 3.64. The van der Waals surface area contributed by atoms with Gasteiger partial charge in [0.15, 0.2) is 0 Å². The molecule has 1 rings (SSSR count). The number of thioether (sulfide) groups is 1. The van der Waals surface area contributed by atoms with Gasteiger partial charge in [-0.15, -0.1) is 0 Å². The predicted molar refractivity (Wildman–Crippen MR) is 50.4 cm³/mol. The van der Waals surface area contributed by atoms with Crippen molar-refractivity contribution in [1.82, 2.24) is 0 Å².